The van der Waals surface area contributed by atoms with E-state index in [1.807, 2.05) is 6.92 Å². The molecule has 0 unspecified atom stereocenters. The predicted molar refractivity (Wildman–Crippen MR) is 110 cm³/mol. The number of esters is 1. The number of hydrogen-bond donors (Lipinski definition) is 1. The van der Waals surface area contributed by atoms with Crippen molar-refractivity contribution < 1.29 is 14.3 Å². The van der Waals surface area contributed by atoms with Crippen LogP contribution in [0.4, 0.5) is 5.69 Å². The molecule has 0 radical (unpaired) electrons. The van der Waals surface area contributed by atoms with Gasteiger partial charge in [0.15, 0.2) is 0 Å². The molecule has 0 saturated heterocycles. The molecular formula is C21H35N3O4. The van der Waals surface area contributed by atoms with Crippen LogP contribution in [0.2, 0.25) is 0 Å². The first-order valence-corrected chi connectivity index (χ1v) is 10.3. The summed E-state index contributed by atoms with van der Waals surface area (Å²) in [4.78, 5) is 24.2. The normalized spacial score (nSPS) is 26.5. The van der Waals surface area contributed by atoms with E-state index in [1.165, 1.54) is 6.07 Å². The Hall–Kier alpha value is -2.05. The van der Waals surface area contributed by atoms with Crippen molar-refractivity contribution in [3.63, 3.8) is 0 Å². The van der Waals surface area contributed by atoms with Crippen molar-refractivity contribution in [3.05, 3.63) is 16.4 Å². The van der Waals surface area contributed by atoms with Gasteiger partial charge >= 0.3 is 5.97 Å². The highest BCUT2D eigenvalue weighted by Gasteiger charge is 2.43. The quantitative estimate of drug-likeness (QED) is 0.716. The van der Waals surface area contributed by atoms with Crippen molar-refractivity contribution in [1.82, 2.24) is 9.78 Å². The number of rotatable bonds is 7. The van der Waals surface area contributed by atoms with Crippen LogP contribution in [0.25, 0.3) is 0 Å². The molecule has 1 aromatic rings. The Labute approximate surface area is 167 Å². The molecule has 0 aliphatic heterocycles. The van der Waals surface area contributed by atoms with Crippen molar-refractivity contribution in [3.8, 4) is 5.88 Å². The summed E-state index contributed by atoms with van der Waals surface area (Å²) in [6.45, 7) is 15.5. The fourth-order valence-corrected chi connectivity index (χ4v) is 4.03. The van der Waals surface area contributed by atoms with Gasteiger partial charge in [-0.3, -0.25) is 9.59 Å². The second kappa shape index (κ2) is 8.97. The molecule has 158 valence electrons. The van der Waals surface area contributed by atoms with Gasteiger partial charge < -0.3 is 14.8 Å². The van der Waals surface area contributed by atoms with Crippen molar-refractivity contribution >= 4 is 11.7 Å². The van der Waals surface area contributed by atoms with Crippen LogP contribution in [-0.2, 0) is 16.1 Å². The zero-order valence-corrected chi connectivity index (χ0v) is 18.2. The van der Waals surface area contributed by atoms with Gasteiger partial charge in [0.2, 0.25) is 0 Å². The fraction of sp³-hybridized carbons (Fsp3) is 0.762. The van der Waals surface area contributed by atoms with Crippen LogP contribution in [0.1, 0.15) is 54.9 Å². The fourth-order valence-electron chi connectivity index (χ4n) is 4.03. The van der Waals surface area contributed by atoms with E-state index < -0.39 is 5.97 Å². The lowest BCUT2D eigenvalue weighted by molar-refractivity contribution is -0.144. The number of nitrogens with zero attached hydrogens (tertiary/aromatic N) is 2. The van der Waals surface area contributed by atoms with Gasteiger partial charge in [0.25, 0.3) is 11.4 Å². The summed E-state index contributed by atoms with van der Waals surface area (Å²) in [5.41, 5.74) is 0.494. The van der Waals surface area contributed by atoms with E-state index in [2.05, 4.69) is 45.0 Å². The molecule has 1 aromatic heterocycles. The van der Waals surface area contributed by atoms with E-state index in [1.54, 1.807) is 6.92 Å². The van der Waals surface area contributed by atoms with E-state index in [0.29, 0.717) is 35.9 Å². The average molecular weight is 394 g/mol. The third-order valence-electron chi connectivity index (χ3n) is 6.64. The zero-order valence-electron chi connectivity index (χ0n) is 18.2. The van der Waals surface area contributed by atoms with Crippen LogP contribution in [0.15, 0.2) is 10.9 Å². The minimum absolute atomic E-state index is 0.222. The maximum atomic E-state index is 12.5. The van der Waals surface area contributed by atoms with Crippen molar-refractivity contribution in [2.45, 2.75) is 67.5 Å². The number of carbonyl (C=O) groups is 1. The van der Waals surface area contributed by atoms with E-state index >= 15 is 0 Å². The number of hydrogen-bond acceptors (Lipinski definition) is 6. The largest absolute Gasteiger partial charge is 0.475 e. The Kier molecular flexibility index (Phi) is 7.12. The number of carbonyl (C=O) groups excluding carboxylic acids is 1. The molecule has 7 heteroatoms. The molecule has 1 saturated carbocycles. The van der Waals surface area contributed by atoms with Crippen LogP contribution in [0, 0.1) is 23.2 Å². The highest BCUT2D eigenvalue weighted by atomic mass is 16.5. The maximum Gasteiger partial charge on any atom is 0.327 e. The standard InChI is InChI=1S/C21H35N3O4/c1-8-27-19(26)12-24-18(25)11-17(20(23-24)28-9-2)22-16-10-13(3)21(6,7)15(5)14(16)4/h11,13-16,22H,8-10,12H2,1-7H3/t13-,14+,15+,16+/m0/s1. The Morgan fingerprint density at radius 2 is 1.96 bits per heavy atom. The van der Waals surface area contributed by atoms with Crippen LogP contribution < -0.4 is 15.6 Å². The zero-order chi connectivity index (χ0) is 21.1. The molecule has 0 spiro atoms. The lowest BCUT2D eigenvalue weighted by Crippen LogP contribution is -2.48. The molecule has 1 N–H and O–H groups in total. The first-order chi connectivity index (χ1) is 13.1. The van der Waals surface area contributed by atoms with Gasteiger partial charge in [-0.15, -0.1) is 5.10 Å². The molecule has 28 heavy (non-hydrogen) atoms. The summed E-state index contributed by atoms with van der Waals surface area (Å²) in [6, 6.07) is 1.69. The van der Waals surface area contributed by atoms with Gasteiger partial charge in [-0.1, -0.05) is 34.6 Å². The second-order valence-electron chi connectivity index (χ2n) is 8.45. The molecule has 7 nitrogen and oxygen atoms in total. The summed E-state index contributed by atoms with van der Waals surface area (Å²) in [6.07, 6.45) is 1.01. The third kappa shape index (κ3) is 4.67. The van der Waals surface area contributed by atoms with E-state index in [4.69, 9.17) is 9.47 Å². The topological polar surface area (TPSA) is 82.5 Å². The molecule has 0 aromatic carbocycles. The molecule has 1 fully saturated rings. The van der Waals surface area contributed by atoms with Gasteiger partial charge in [-0.2, -0.15) is 0 Å². The smallest absolute Gasteiger partial charge is 0.327 e. The summed E-state index contributed by atoms with van der Waals surface area (Å²) in [5, 5.41) is 7.77. The predicted octanol–water partition coefficient (Wildman–Crippen LogP) is 3.32. The molecule has 1 aliphatic carbocycles. The average Bonchev–Trinajstić information content (AvgIpc) is 2.62. The number of aromatic nitrogens is 2. The SMILES string of the molecule is CCOC(=O)Cn1nc(OCC)c(N[C@@H]2C[C@H](C)C(C)(C)[C@H](C)[C@H]2C)cc1=O. The second-order valence-corrected chi connectivity index (χ2v) is 8.45. The van der Waals surface area contributed by atoms with Gasteiger partial charge in [0.1, 0.15) is 12.2 Å². The maximum absolute atomic E-state index is 12.5. The summed E-state index contributed by atoms with van der Waals surface area (Å²) >= 11 is 0. The van der Waals surface area contributed by atoms with E-state index in [-0.39, 0.29) is 30.2 Å². The number of ether oxygens (including phenoxy) is 2. The Morgan fingerprint density at radius 3 is 2.57 bits per heavy atom. The minimum atomic E-state index is -0.494. The minimum Gasteiger partial charge on any atom is -0.475 e. The lowest BCUT2D eigenvalue weighted by atomic mass is 9.58. The third-order valence-corrected chi connectivity index (χ3v) is 6.64. The molecular weight excluding hydrogens is 358 g/mol. The molecule has 1 aliphatic rings. The first kappa shape index (κ1) is 22.2. The lowest BCUT2D eigenvalue weighted by Gasteiger charge is -2.50. The Morgan fingerprint density at radius 1 is 1.29 bits per heavy atom. The van der Waals surface area contributed by atoms with Gasteiger partial charge in [-0.25, -0.2) is 4.68 Å². The summed E-state index contributed by atoms with van der Waals surface area (Å²) < 4.78 is 11.7. The number of nitrogens with one attached hydrogen (secondary N) is 1. The van der Waals surface area contributed by atoms with Gasteiger partial charge in [0, 0.05) is 12.1 Å². The van der Waals surface area contributed by atoms with Crippen LogP contribution in [0.5, 0.6) is 5.88 Å². The van der Waals surface area contributed by atoms with Crippen LogP contribution >= 0.6 is 0 Å². The Bertz CT molecular complexity index is 744. The van der Waals surface area contributed by atoms with Crippen molar-refractivity contribution in [2.24, 2.45) is 23.2 Å². The first-order valence-electron chi connectivity index (χ1n) is 10.3. The molecule has 2 rings (SSSR count). The van der Waals surface area contributed by atoms with E-state index in [9.17, 15) is 9.59 Å². The van der Waals surface area contributed by atoms with E-state index in [0.717, 1.165) is 11.1 Å². The molecule has 4 atom stereocenters. The van der Waals surface area contributed by atoms with Gasteiger partial charge in [-0.05, 0) is 43.4 Å². The van der Waals surface area contributed by atoms with Gasteiger partial charge in [0.05, 0.1) is 13.2 Å². The van der Waals surface area contributed by atoms with Crippen LogP contribution in [0.3, 0.4) is 0 Å². The highest BCUT2D eigenvalue weighted by molar-refractivity contribution is 5.69. The number of anilines is 1. The van der Waals surface area contributed by atoms with Crippen LogP contribution in [-0.4, -0.2) is 35.0 Å². The molecule has 0 amide bonds. The summed E-state index contributed by atoms with van der Waals surface area (Å²) in [7, 11) is 0. The summed E-state index contributed by atoms with van der Waals surface area (Å²) in [5.74, 6) is 1.35. The monoisotopic (exact) mass is 393 g/mol. The van der Waals surface area contributed by atoms with Crippen molar-refractivity contribution in [2.75, 3.05) is 18.5 Å². The molecule has 0 bridgehead atoms. The van der Waals surface area contributed by atoms with Crippen molar-refractivity contribution in [1.29, 1.82) is 0 Å². The highest BCUT2D eigenvalue weighted by Crippen LogP contribution is 2.48. The molecule has 1 heterocycles. The Balaban J connectivity index is 2.28.